The number of hydrogen-bond donors (Lipinski definition) is 3. The number of ether oxygens (including phenoxy) is 2. The van der Waals surface area contributed by atoms with E-state index < -0.39 is 0 Å². The van der Waals surface area contributed by atoms with Crippen molar-refractivity contribution >= 4 is 34.7 Å². The average Bonchev–Trinajstić information content (AvgIpc) is 2.87. The summed E-state index contributed by atoms with van der Waals surface area (Å²) in [5, 5.41) is 11.9. The Balaban J connectivity index is 1.39. The van der Waals surface area contributed by atoms with Crippen molar-refractivity contribution in [3.05, 3.63) is 34.7 Å². The minimum Gasteiger partial charge on any atom is -0.383 e. The lowest BCUT2D eigenvalue weighted by atomic mass is 9.82. The molecule has 1 aliphatic carbocycles. The molecule has 9 heteroatoms. The number of pyridine rings is 2. The molecule has 2 fully saturated rings. The fourth-order valence-electron chi connectivity index (χ4n) is 5.12. The molecule has 4 rings (SSSR count). The van der Waals surface area contributed by atoms with Gasteiger partial charge in [-0.05, 0) is 63.0 Å². The normalized spacial score (nSPS) is 22.7. The zero-order chi connectivity index (χ0) is 25.5. The van der Waals surface area contributed by atoms with Crippen LogP contribution in [0.15, 0.2) is 24.5 Å². The van der Waals surface area contributed by atoms with E-state index in [1.807, 2.05) is 12.1 Å². The number of halogens is 2. The van der Waals surface area contributed by atoms with Crippen molar-refractivity contribution in [1.29, 1.82) is 0 Å². The van der Waals surface area contributed by atoms with Gasteiger partial charge in [0.15, 0.2) is 5.15 Å². The first kappa shape index (κ1) is 27.4. The molecule has 3 N–H and O–H groups in total. The number of nitrogens with zero attached hydrogens (tertiary/aromatic N) is 2. The van der Waals surface area contributed by atoms with Crippen LogP contribution in [0.5, 0.6) is 0 Å². The smallest absolute Gasteiger partial charge is 0.152 e. The maximum absolute atomic E-state index is 6.58. The molecule has 0 amide bonds. The molecule has 1 atom stereocenters. The predicted molar refractivity (Wildman–Crippen MR) is 148 cm³/mol. The third-order valence-electron chi connectivity index (χ3n) is 7.43. The SMILES string of the molecule is COC[C@@H](C)NC1CCC(Nc2cc(-c3cnc(Cl)c(NCC4(C)CCOCC4)c3)c(Cl)cn2)CC1. The van der Waals surface area contributed by atoms with Gasteiger partial charge in [0.1, 0.15) is 5.82 Å². The van der Waals surface area contributed by atoms with E-state index in [1.165, 1.54) is 0 Å². The van der Waals surface area contributed by atoms with Crippen LogP contribution < -0.4 is 16.0 Å². The molecule has 2 aromatic heterocycles. The van der Waals surface area contributed by atoms with E-state index in [0.717, 1.165) is 87.5 Å². The van der Waals surface area contributed by atoms with E-state index >= 15 is 0 Å². The molecule has 7 nitrogen and oxygen atoms in total. The van der Waals surface area contributed by atoms with Gasteiger partial charge in [0.25, 0.3) is 0 Å². The third-order valence-corrected chi connectivity index (χ3v) is 8.03. The lowest BCUT2D eigenvalue weighted by molar-refractivity contribution is 0.0300. The first-order valence-corrected chi connectivity index (χ1v) is 13.8. The molecule has 1 saturated heterocycles. The minimum absolute atomic E-state index is 0.180. The van der Waals surface area contributed by atoms with Crippen LogP contribution in [0.4, 0.5) is 11.5 Å². The maximum atomic E-state index is 6.58. The second kappa shape index (κ2) is 12.7. The highest BCUT2D eigenvalue weighted by atomic mass is 35.5. The van der Waals surface area contributed by atoms with Crippen LogP contribution in [-0.2, 0) is 9.47 Å². The Bertz CT molecular complexity index is 994. The first-order chi connectivity index (χ1) is 17.3. The quantitative estimate of drug-likeness (QED) is 0.320. The Morgan fingerprint density at radius 1 is 1.08 bits per heavy atom. The first-order valence-electron chi connectivity index (χ1n) is 13.0. The van der Waals surface area contributed by atoms with Gasteiger partial charge in [-0.25, -0.2) is 9.97 Å². The molecule has 0 radical (unpaired) electrons. The summed E-state index contributed by atoms with van der Waals surface area (Å²) in [6, 6.07) is 5.35. The van der Waals surface area contributed by atoms with Gasteiger partial charge < -0.3 is 25.4 Å². The minimum atomic E-state index is 0.180. The highest BCUT2D eigenvalue weighted by molar-refractivity contribution is 6.33. The zero-order valence-corrected chi connectivity index (χ0v) is 23.1. The lowest BCUT2D eigenvalue weighted by Gasteiger charge is -2.34. The van der Waals surface area contributed by atoms with E-state index in [9.17, 15) is 0 Å². The topological polar surface area (TPSA) is 80.3 Å². The van der Waals surface area contributed by atoms with Gasteiger partial charge in [-0.1, -0.05) is 30.1 Å². The molecule has 0 spiro atoms. The van der Waals surface area contributed by atoms with E-state index in [1.54, 1.807) is 19.5 Å². The van der Waals surface area contributed by atoms with E-state index in [2.05, 4.69) is 39.8 Å². The summed E-state index contributed by atoms with van der Waals surface area (Å²) in [4.78, 5) is 8.98. The van der Waals surface area contributed by atoms with E-state index in [-0.39, 0.29) is 5.41 Å². The summed E-state index contributed by atoms with van der Waals surface area (Å²) in [6.07, 6.45) is 9.99. The molecule has 198 valence electrons. The largest absolute Gasteiger partial charge is 0.383 e. The summed E-state index contributed by atoms with van der Waals surface area (Å²) >= 11 is 13.0. The van der Waals surface area contributed by atoms with E-state index in [4.69, 9.17) is 32.7 Å². The number of aromatic nitrogens is 2. The summed E-state index contributed by atoms with van der Waals surface area (Å²) in [6.45, 7) is 7.62. The van der Waals surface area contributed by atoms with Crippen molar-refractivity contribution in [1.82, 2.24) is 15.3 Å². The molecule has 36 heavy (non-hydrogen) atoms. The number of methoxy groups -OCH3 is 1. The van der Waals surface area contributed by atoms with Crippen molar-refractivity contribution in [2.75, 3.05) is 44.1 Å². The Kier molecular flexibility index (Phi) is 9.70. The summed E-state index contributed by atoms with van der Waals surface area (Å²) in [5.41, 5.74) is 2.80. The van der Waals surface area contributed by atoms with Crippen molar-refractivity contribution in [3.8, 4) is 11.1 Å². The Morgan fingerprint density at radius 2 is 1.81 bits per heavy atom. The standard InChI is InChI=1S/C27H39Cl2N5O2/c1-18(16-35-3)33-20-4-6-21(7-5-20)34-25-13-22(23(28)15-30-25)19-12-24(26(29)31-14-19)32-17-27(2)8-10-36-11-9-27/h12-15,18,20-21,32-33H,4-11,16-17H2,1-3H3,(H,30,34)/t18-,20?,21?/m1/s1. The number of hydrogen-bond acceptors (Lipinski definition) is 7. The van der Waals surface area contributed by atoms with Crippen LogP contribution in [0, 0.1) is 5.41 Å². The average molecular weight is 537 g/mol. The number of rotatable bonds is 10. The van der Waals surface area contributed by atoms with Crippen LogP contribution >= 0.6 is 23.2 Å². The third kappa shape index (κ3) is 7.45. The second-order valence-electron chi connectivity index (χ2n) is 10.6. The van der Waals surface area contributed by atoms with Crippen LogP contribution in [0.25, 0.3) is 11.1 Å². The van der Waals surface area contributed by atoms with Crippen LogP contribution in [-0.4, -0.2) is 61.6 Å². The fourth-order valence-corrected chi connectivity index (χ4v) is 5.50. The van der Waals surface area contributed by atoms with Crippen LogP contribution in [0.3, 0.4) is 0 Å². The molecule has 2 aromatic rings. The van der Waals surface area contributed by atoms with Crippen molar-refractivity contribution in [2.45, 2.75) is 70.5 Å². The summed E-state index contributed by atoms with van der Waals surface area (Å²) in [5.74, 6) is 0.831. The summed E-state index contributed by atoms with van der Waals surface area (Å²) in [7, 11) is 1.75. The van der Waals surface area contributed by atoms with Crippen molar-refractivity contribution in [2.24, 2.45) is 5.41 Å². The van der Waals surface area contributed by atoms with Gasteiger partial charge in [-0.2, -0.15) is 0 Å². The molecular weight excluding hydrogens is 497 g/mol. The fraction of sp³-hybridized carbons (Fsp3) is 0.630. The van der Waals surface area contributed by atoms with Gasteiger partial charge in [0, 0.05) is 68.5 Å². The Morgan fingerprint density at radius 3 is 2.53 bits per heavy atom. The predicted octanol–water partition coefficient (Wildman–Crippen LogP) is 6.03. The summed E-state index contributed by atoms with van der Waals surface area (Å²) < 4.78 is 10.8. The second-order valence-corrected chi connectivity index (χ2v) is 11.4. The molecule has 0 aromatic carbocycles. The Hall–Kier alpha value is -1.64. The monoisotopic (exact) mass is 535 g/mol. The van der Waals surface area contributed by atoms with Crippen molar-refractivity contribution < 1.29 is 9.47 Å². The van der Waals surface area contributed by atoms with Gasteiger partial charge in [-0.3, -0.25) is 0 Å². The van der Waals surface area contributed by atoms with E-state index in [0.29, 0.717) is 28.3 Å². The highest BCUT2D eigenvalue weighted by Gasteiger charge is 2.27. The lowest BCUT2D eigenvalue weighted by Crippen LogP contribution is -2.42. The molecule has 0 unspecified atom stereocenters. The highest BCUT2D eigenvalue weighted by Crippen LogP contribution is 2.35. The van der Waals surface area contributed by atoms with Crippen LogP contribution in [0.2, 0.25) is 10.2 Å². The maximum Gasteiger partial charge on any atom is 0.152 e. The molecule has 0 bridgehead atoms. The van der Waals surface area contributed by atoms with Gasteiger partial charge in [0.2, 0.25) is 0 Å². The van der Waals surface area contributed by atoms with Crippen molar-refractivity contribution in [3.63, 3.8) is 0 Å². The zero-order valence-electron chi connectivity index (χ0n) is 21.6. The Labute approximate surface area is 225 Å². The van der Waals surface area contributed by atoms with Gasteiger partial charge in [-0.15, -0.1) is 0 Å². The molecular formula is C27H39Cl2N5O2. The molecule has 1 saturated carbocycles. The number of nitrogens with one attached hydrogen (secondary N) is 3. The van der Waals surface area contributed by atoms with Crippen LogP contribution in [0.1, 0.15) is 52.4 Å². The molecule has 2 aliphatic rings. The number of anilines is 2. The molecule has 3 heterocycles. The van der Waals surface area contributed by atoms with Gasteiger partial charge >= 0.3 is 0 Å². The molecule has 1 aliphatic heterocycles. The van der Waals surface area contributed by atoms with Gasteiger partial charge in [0.05, 0.1) is 17.3 Å².